The van der Waals surface area contributed by atoms with Crippen LogP contribution < -0.4 is 9.62 Å². The molecule has 5 nitrogen and oxygen atoms in total. The molecule has 0 fully saturated rings. The van der Waals surface area contributed by atoms with Crippen LogP contribution in [0.3, 0.4) is 0 Å². The van der Waals surface area contributed by atoms with Gasteiger partial charge >= 0.3 is 0 Å². The van der Waals surface area contributed by atoms with Gasteiger partial charge in [-0.1, -0.05) is 29.3 Å². The van der Waals surface area contributed by atoms with Gasteiger partial charge in [-0.05, 0) is 61.7 Å². The molecule has 0 aromatic heterocycles. The van der Waals surface area contributed by atoms with Crippen LogP contribution in [-0.2, 0) is 16.4 Å². The number of carbonyl (C=O) groups is 1. The average Bonchev–Trinajstić information content (AvgIpc) is 2.92. The predicted octanol–water partition coefficient (Wildman–Crippen LogP) is 4.20. The van der Waals surface area contributed by atoms with Crippen LogP contribution in [0.1, 0.15) is 41.4 Å². The maximum absolute atomic E-state index is 12.6. The smallest absolute Gasteiger partial charge is 0.251 e. The van der Waals surface area contributed by atoms with Gasteiger partial charge in [-0.15, -0.1) is 0 Å². The molecule has 0 saturated heterocycles. The summed E-state index contributed by atoms with van der Waals surface area (Å²) < 4.78 is 25.4. The molecule has 8 heteroatoms. The van der Waals surface area contributed by atoms with Crippen molar-refractivity contribution in [3.05, 3.63) is 63.1 Å². The molecule has 1 heterocycles. The van der Waals surface area contributed by atoms with Crippen LogP contribution >= 0.6 is 23.2 Å². The topological polar surface area (TPSA) is 66.5 Å². The molecular formula is C19H20Cl2N2O3S. The Labute approximate surface area is 169 Å². The van der Waals surface area contributed by atoms with Crippen molar-refractivity contribution in [3.63, 3.8) is 0 Å². The number of carbonyl (C=O) groups excluding carboxylic acids is 1. The molecule has 144 valence electrons. The number of hydrogen-bond donors (Lipinski definition) is 1. The Bertz CT molecular complexity index is 1010. The summed E-state index contributed by atoms with van der Waals surface area (Å²) in [5.41, 5.74) is 2.82. The van der Waals surface area contributed by atoms with E-state index in [4.69, 9.17) is 23.2 Å². The first-order valence-electron chi connectivity index (χ1n) is 8.46. The van der Waals surface area contributed by atoms with Gasteiger partial charge in [-0.3, -0.25) is 9.10 Å². The number of amides is 1. The molecule has 1 aliphatic rings. The number of rotatable bonds is 4. The fraction of sp³-hybridized carbons (Fsp3) is 0.316. The Kier molecular flexibility index (Phi) is 5.43. The van der Waals surface area contributed by atoms with E-state index in [2.05, 4.69) is 5.32 Å². The zero-order valence-corrected chi connectivity index (χ0v) is 17.5. The summed E-state index contributed by atoms with van der Waals surface area (Å²) in [5.74, 6) is -0.234. The average molecular weight is 427 g/mol. The molecule has 2 atom stereocenters. The van der Waals surface area contributed by atoms with Crippen molar-refractivity contribution in [2.45, 2.75) is 32.4 Å². The molecule has 2 aromatic carbocycles. The maximum Gasteiger partial charge on any atom is 0.251 e. The monoisotopic (exact) mass is 426 g/mol. The van der Waals surface area contributed by atoms with E-state index in [1.54, 1.807) is 30.3 Å². The number of hydrogen-bond acceptors (Lipinski definition) is 3. The lowest BCUT2D eigenvalue weighted by Crippen LogP contribution is -2.34. The first kappa shape index (κ1) is 20.0. The highest BCUT2D eigenvalue weighted by Crippen LogP contribution is 2.35. The van der Waals surface area contributed by atoms with Crippen molar-refractivity contribution < 1.29 is 13.2 Å². The van der Waals surface area contributed by atoms with Crippen molar-refractivity contribution in [3.8, 4) is 0 Å². The second-order valence-corrected chi connectivity index (χ2v) is 9.50. The van der Waals surface area contributed by atoms with Crippen LogP contribution in [0.15, 0.2) is 36.4 Å². The zero-order chi connectivity index (χ0) is 19.9. The van der Waals surface area contributed by atoms with Crippen LogP contribution in [0.5, 0.6) is 0 Å². The molecule has 0 unspecified atom stereocenters. The van der Waals surface area contributed by atoms with E-state index in [-0.39, 0.29) is 18.0 Å². The summed E-state index contributed by atoms with van der Waals surface area (Å²) in [6.45, 7) is 3.71. The number of sulfonamides is 1. The Morgan fingerprint density at radius 2 is 1.89 bits per heavy atom. The molecule has 0 radical (unpaired) electrons. The van der Waals surface area contributed by atoms with Crippen molar-refractivity contribution in [2.75, 3.05) is 10.6 Å². The second-order valence-electron chi connectivity index (χ2n) is 6.82. The molecule has 1 aliphatic heterocycles. The summed E-state index contributed by atoms with van der Waals surface area (Å²) in [4.78, 5) is 12.6. The predicted molar refractivity (Wildman–Crippen MR) is 109 cm³/mol. The largest absolute Gasteiger partial charge is 0.346 e. The first-order valence-corrected chi connectivity index (χ1v) is 11.1. The highest BCUT2D eigenvalue weighted by molar-refractivity contribution is 7.92. The normalized spacial score (nSPS) is 17.5. The first-order chi connectivity index (χ1) is 12.6. The van der Waals surface area contributed by atoms with Crippen LogP contribution in [0, 0.1) is 0 Å². The van der Waals surface area contributed by atoms with E-state index in [0.29, 0.717) is 27.7 Å². The molecule has 1 amide bonds. The lowest BCUT2D eigenvalue weighted by Gasteiger charge is -2.22. The van der Waals surface area contributed by atoms with Gasteiger partial charge in [0.15, 0.2) is 0 Å². The van der Waals surface area contributed by atoms with E-state index in [1.165, 1.54) is 10.6 Å². The Hall–Kier alpha value is -1.76. The number of benzene rings is 2. The lowest BCUT2D eigenvalue weighted by molar-refractivity contribution is 0.0940. The number of anilines is 1. The summed E-state index contributed by atoms with van der Waals surface area (Å²) in [6, 6.07) is 9.91. The Morgan fingerprint density at radius 1 is 1.19 bits per heavy atom. The minimum absolute atomic E-state index is 0.163. The molecule has 27 heavy (non-hydrogen) atoms. The maximum atomic E-state index is 12.6. The summed E-state index contributed by atoms with van der Waals surface area (Å²) >= 11 is 12.0. The van der Waals surface area contributed by atoms with E-state index < -0.39 is 10.0 Å². The standard InChI is InChI=1S/C19H20Cl2N2O3S/c1-11-8-15-9-14(5-7-18(15)23(11)27(3,25)26)19(24)22-12(2)13-4-6-16(20)17(21)10-13/h4-7,9-12H,8H2,1-3H3,(H,22,24)/t11-,12+/m1/s1. The molecule has 0 aliphatic carbocycles. The third-order valence-corrected chi connectivity index (χ3v) is 6.65. The lowest BCUT2D eigenvalue weighted by atomic mass is 10.0. The summed E-state index contributed by atoms with van der Waals surface area (Å²) in [5, 5.41) is 3.82. The van der Waals surface area contributed by atoms with Gasteiger partial charge in [0.1, 0.15) is 0 Å². The molecule has 0 spiro atoms. The fourth-order valence-electron chi connectivity index (χ4n) is 3.39. The van der Waals surface area contributed by atoms with E-state index in [0.717, 1.165) is 11.1 Å². The number of halogens is 2. The summed E-state index contributed by atoms with van der Waals surface area (Å²) in [7, 11) is -3.35. The third kappa shape index (κ3) is 4.08. The Balaban J connectivity index is 1.81. The molecule has 3 rings (SSSR count). The van der Waals surface area contributed by atoms with Gasteiger partial charge in [0.05, 0.1) is 28.0 Å². The third-order valence-electron chi connectivity index (χ3n) is 4.64. The molecule has 2 aromatic rings. The van der Waals surface area contributed by atoms with Gasteiger partial charge in [0.25, 0.3) is 5.91 Å². The van der Waals surface area contributed by atoms with Gasteiger partial charge in [0, 0.05) is 11.6 Å². The van der Waals surface area contributed by atoms with Crippen molar-refractivity contribution in [1.82, 2.24) is 5.32 Å². The minimum Gasteiger partial charge on any atom is -0.346 e. The minimum atomic E-state index is -3.35. The number of nitrogens with zero attached hydrogens (tertiary/aromatic N) is 1. The summed E-state index contributed by atoms with van der Waals surface area (Å²) in [6.07, 6.45) is 1.77. The van der Waals surface area contributed by atoms with Crippen molar-refractivity contribution >= 4 is 44.8 Å². The second kappa shape index (κ2) is 7.34. The molecular weight excluding hydrogens is 407 g/mol. The number of fused-ring (bicyclic) bond motifs is 1. The van der Waals surface area contributed by atoms with Crippen LogP contribution in [0.4, 0.5) is 5.69 Å². The SMILES string of the molecule is C[C@H](NC(=O)c1ccc2c(c1)C[C@@H](C)N2S(C)(=O)=O)c1ccc(Cl)c(Cl)c1. The van der Waals surface area contributed by atoms with Crippen molar-refractivity contribution in [2.24, 2.45) is 0 Å². The van der Waals surface area contributed by atoms with Gasteiger partial charge in [-0.25, -0.2) is 8.42 Å². The Morgan fingerprint density at radius 3 is 2.52 bits per heavy atom. The van der Waals surface area contributed by atoms with Crippen LogP contribution in [-0.4, -0.2) is 26.6 Å². The van der Waals surface area contributed by atoms with E-state index in [9.17, 15) is 13.2 Å². The highest BCUT2D eigenvalue weighted by Gasteiger charge is 2.32. The quantitative estimate of drug-likeness (QED) is 0.796. The fourth-order valence-corrected chi connectivity index (χ4v) is 4.96. The van der Waals surface area contributed by atoms with Gasteiger partial charge < -0.3 is 5.32 Å². The molecule has 0 bridgehead atoms. The van der Waals surface area contributed by atoms with Gasteiger partial charge in [-0.2, -0.15) is 0 Å². The van der Waals surface area contributed by atoms with Gasteiger partial charge in [0.2, 0.25) is 10.0 Å². The molecule has 0 saturated carbocycles. The highest BCUT2D eigenvalue weighted by atomic mass is 35.5. The van der Waals surface area contributed by atoms with Crippen LogP contribution in [0.2, 0.25) is 10.0 Å². The van der Waals surface area contributed by atoms with Crippen molar-refractivity contribution in [1.29, 1.82) is 0 Å². The molecule has 1 N–H and O–H groups in total. The van der Waals surface area contributed by atoms with E-state index in [1.807, 2.05) is 19.9 Å². The van der Waals surface area contributed by atoms with E-state index >= 15 is 0 Å². The zero-order valence-electron chi connectivity index (χ0n) is 15.2. The number of nitrogens with one attached hydrogen (secondary N) is 1. The van der Waals surface area contributed by atoms with Crippen LogP contribution in [0.25, 0.3) is 0 Å².